The monoisotopic (exact) mass is 459 g/mol. The van der Waals surface area contributed by atoms with Gasteiger partial charge in [0.15, 0.2) is 0 Å². The van der Waals surface area contributed by atoms with E-state index in [1.807, 2.05) is 37.3 Å². The molecule has 0 radical (unpaired) electrons. The summed E-state index contributed by atoms with van der Waals surface area (Å²) in [4.78, 5) is 34.2. The van der Waals surface area contributed by atoms with Gasteiger partial charge in [-0.25, -0.2) is 4.98 Å². The molecule has 1 fully saturated rings. The molecule has 2 N–H and O–H groups in total. The molecule has 1 unspecified atom stereocenters. The van der Waals surface area contributed by atoms with Crippen molar-refractivity contribution in [2.45, 2.75) is 13.0 Å². The van der Waals surface area contributed by atoms with Crippen LogP contribution in [0.4, 0.5) is 17.2 Å². The topological polar surface area (TPSA) is 86.8 Å². The first-order valence-corrected chi connectivity index (χ1v) is 11.3. The Morgan fingerprint density at radius 1 is 0.912 bits per heavy atom. The molecule has 1 aliphatic rings. The quantitative estimate of drug-likeness (QED) is 0.563. The first-order valence-electron chi connectivity index (χ1n) is 11.3. The second kappa shape index (κ2) is 10.8. The summed E-state index contributed by atoms with van der Waals surface area (Å²) < 4.78 is 5.27. The maximum atomic E-state index is 12.8. The van der Waals surface area contributed by atoms with Gasteiger partial charge in [0.25, 0.3) is 5.91 Å². The van der Waals surface area contributed by atoms with Gasteiger partial charge in [-0.05, 0) is 55.5 Å². The van der Waals surface area contributed by atoms with Gasteiger partial charge in [-0.15, -0.1) is 0 Å². The van der Waals surface area contributed by atoms with E-state index < -0.39 is 0 Å². The maximum Gasteiger partial charge on any atom is 0.255 e. The minimum absolute atomic E-state index is 0.0718. The molecule has 3 aromatic rings. The molecular formula is C26H29N5O3. The van der Waals surface area contributed by atoms with Gasteiger partial charge >= 0.3 is 0 Å². The smallest absolute Gasteiger partial charge is 0.255 e. The normalized spacial score (nSPS) is 14.8. The van der Waals surface area contributed by atoms with Crippen LogP contribution in [-0.4, -0.2) is 61.0 Å². The van der Waals surface area contributed by atoms with E-state index in [2.05, 4.69) is 25.4 Å². The fraction of sp³-hybridized carbons (Fsp3) is 0.269. The molecule has 4 rings (SSSR count). The lowest BCUT2D eigenvalue weighted by atomic mass is 10.1. The van der Waals surface area contributed by atoms with Gasteiger partial charge in [-0.1, -0.05) is 18.2 Å². The zero-order valence-corrected chi connectivity index (χ0v) is 19.4. The summed E-state index contributed by atoms with van der Waals surface area (Å²) in [7, 11) is 1.56. The maximum absolute atomic E-state index is 12.8. The molecule has 2 heterocycles. The van der Waals surface area contributed by atoms with E-state index in [1.54, 1.807) is 49.7 Å². The van der Waals surface area contributed by atoms with Gasteiger partial charge in [0.2, 0.25) is 5.91 Å². The third kappa shape index (κ3) is 5.52. The van der Waals surface area contributed by atoms with Crippen molar-refractivity contribution >= 4 is 29.0 Å². The summed E-state index contributed by atoms with van der Waals surface area (Å²) in [5, 5.41) is 5.81. The van der Waals surface area contributed by atoms with E-state index in [9.17, 15) is 9.59 Å². The van der Waals surface area contributed by atoms with E-state index in [-0.39, 0.29) is 17.9 Å². The van der Waals surface area contributed by atoms with Crippen LogP contribution in [0.3, 0.4) is 0 Å². The number of benzene rings is 2. The van der Waals surface area contributed by atoms with Crippen LogP contribution in [0, 0.1) is 0 Å². The van der Waals surface area contributed by atoms with Crippen molar-refractivity contribution < 1.29 is 14.3 Å². The number of para-hydroxylation sites is 2. The fourth-order valence-corrected chi connectivity index (χ4v) is 3.94. The third-order valence-corrected chi connectivity index (χ3v) is 5.98. The SMILES string of the molecule is COc1ccccc1NC(=O)c1ccc(NC(=O)C(C)N2CCN(c3ccccn3)CC2)cc1. The summed E-state index contributed by atoms with van der Waals surface area (Å²) in [6, 6.07) is 19.7. The Labute approximate surface area is 199 Å². The lowest BCUT2D eigenvalue weighted by Gasteiger charge is -2.37. The molecule has 0 saturated carbocycles. The van der Waals surface area contributed by atoms with Crippen molar-refractivity contribution in [2.24, 2.45) is 0 Å². The van der Waals surface area contributed by atoms with Gasteiger partial charge in [-0.2, -0.15) is 0 Å². The molecule has 0 bridgehead atoms. The molecule has 1 atom stereocenters. The molecule has 1 aliphatic heterocycles. The number of hydrogen-bond acceptors (Lipinski definition) is 6. The molecule has 0 spiro atoms. The highest BCUT2D eigenvalue weighted by Gasteiger charge is 2.26. The predicted molar refractivity (Wildman–Crippen MR) is 134 cm³/mol. The van der Waals surface area contributed by atoms with Crippen LogP contribution in [0.5, 0.6) is 5.75 Å². The summed E-state index contributed by atoms with van der Waals surface area (Å²) in [5.74, 6) is 1.24. The Kier molecular flexibility index (Phi) is 7.39. The predicted octanol–water partition coefficient (Wildman–Crippen LogP) is 3.49. The molecular weight excluding hydrogens is 430 g/mol. The second-order valence-corrected chi connectivity index (χ2v) is 8.11. The Bertz CT molecular complexity index is 1110. The zero-order chi connectivity index (χ0) is 23.9. The van der Waals surface area contributed by atoms with Gasteiger partial charge in [0.05, 0.1) is 18.8 Å². The van der Waals surface area contributed by atoms with Crippen LogP contribution in [0.25, 0.3) is 0 Å². The Morgan fingerprint density at radius 3 is 2.29 bits per heavy atom. The van der Waals surface area contributed by atoms with Crippen molar-refractivity contribution in [1.29, 1.82) is 0 Å². The number of anilines is 3. The summed E-state index contributed by atoms with van der Waals surface area (Å²) >= 11 is 0. The van der Waals surface area contributed by atoms with Crippen LogP contribution in [0.1, 0.15) is 17.3 Å². The van der Waals surface area contributed by atoms with Gasteiger partial charge in [0, 0.05) is 43.6 Å². The highest BCUT2D eigenvalue weighted by atomic mass is 16.5. The largest absolute Gasteiger partial charge is 0.495 e. The fourth-order valence-electron chi connectivity index (χ4n) is 3.94. The Hall–Kier alpha value is -3.91. The number of nitrogens with one attached hydrogen (secondary N) is 2. The van der Waals surface area contributed by atoms with E-state index in [1.165, 1.54) is 0 Å². The molecule has 2 aromatic carbocycles. The molecule has 176 valence electrons. The van der Waals surface area contributed by atoms with Crippen LogP contribution in [-0.2, 0) is 4.79 Å². The number of amides is 2. The lowest BCUT2D eigenvalue weighted by molar-refractivity contribution is -0.120. The van der Waals surface area contributed by atoms with Gasteiger partial charge in [-0.3, -0.25) is 14.5 Å². The average Bonchev–Trinajstić information content (AvgIpc) is 2.89. The number of rotatable bonds is 7. The summed E-state index contributed by atoms with van der Waals surface area (Å²) in [5.41, 5.74) is 1.74. The van der Waals surface area contributed by atoms with E-state index >= 15 is 0 Å². The molecule has 1 aromatic heterocycles. The minimum atomic E-state index is -0.264. The third-order valence-electron chi connectivity index (χ3n) is 5.98. The molecule has 8 heteroatoms. The number of carbonyl (C=O) groups is 2. The number of hydrogen-bond donors (Lipinski definition) is 2. The second-order valence-electron chi connectivity index (χ2n) is 8.11. The van der Waals surface area contributed by atoms with Crippen molar-refractivity contribution in [2.75, 3.05) is 48.8 Å². The lowest BCUT2D eigenvalue weighted by Crippen LogP contribution is -2.53. The molecule has 34 heavy (non-hydrogen) atoms. The highest BCUT2D eigenvalue weighted by molar-refractivity contribution is 6.05. The summed E-state index contributed by atoms with van der Waals surface area (Å²) in [6.45, 7) is 5.14. The number of ether oxygens (including phenoxy) is 1. The van der Waals surface area contributed by atoms with Gasteiger partial charge < -0.3 is 20.3 Å². The van der Waals surface area contributed by atoms with E-state index in [0.29, 0.717) is 22.7 Å². The standard InChI is InChI=1S/C26H29N5O3/c1-19(30-15-17-31(18-16-30)24-9-5-6-14-27-24)25(32)28-21-12-10-20(11-13-21)26(33)29-22-7-3-4-8-23(22)34-2/h3-14,19H,15-18H2,1-2H3,(H,28,32)(H,29,33). The number of methoxy groups -OCH3 is 1. The Morgan fingerprint density at radius 2 is 1.62 bits per heavy atom. The van der Waals surface area contributed by atoms with Crippen LogP contribution in [0.2, 0.25) is 0 Å². The van der Waals surface area contributed by atoms with Crippen LogP contribution in [0.15, 0.2) is 72.9 Å². The van der Waals surface area contributed by atoms with Gasteiger partial charge in [0.1, 0.15) is 11.6 Å². The molecule has 0 aliphatic carbocycles. The van der Waals surface area contributed by atoms with Crippen LogP contribution < -0.4 is 20.3 Å². The van der Waals surface area contributed by atoms with Crippen molar-refractivity contribution in [3.8, 4) is 5.75 Å². The van der Waals surface area contributed by atoms with Crippen molar-refractivity contribution in [3.63, 3.8) is 0 Å². The number of piperazine rings is 1. The van der Waals surface area contributed by atoms with Crippen molar-refractivity contribution in [3.05, 3.63) is 78.5 Å². The van der Waals surface area contributed by atoms with E-state index in [4.69, 9.17) is 4.74 Å². The molecule has 1 saturated heterocycles. The molecule has 8 nitrogen and oxygen atoms in total. The number of carbonyl (C=O) groups excluding carboxylic acids is 2. The van der Waals surface area contributed by atoms with E-state index in [0.717, 1.165) is 32.0 Å². The Balaban J connectivity index is 1.30. The number of nitrogens with zero attached hydrogens (tertiary/aromatic N) is 3. The number of pyridine rings is 1. The molecule has 2 amide bonds. The zero-order valence-electron chi connectivity index (χ0n) is 19.4. The van der Waals surface area contributed by atoms with Crippen LogP contribution >= 0.6 is 0 Å². The minimum Gasteiger partial charge on any atom is -0.495 e. The van der Waals surface area contributed by atoms with Crippen molar-refractivity contribution in [1.82, 2.24) is 9.88 Å². The average molecular weight is 460 g/mol. The summed E-state index contributed by atoms with van der Waals surface area (Å²) in [6.07, 6.45) is 1.80. The highest BCUT2D eigenvalue weighted by Crippen LogP contribution is 2.24. The first-order chi connectivity index (χ1) is 16.5. The number of aromatic nitrogens is 1. The first kappa shape index (κ1) is 23.3.